The van der Waals surface area contributed by atoms with Gasteiger partial charge in [-0.05, 0) is 36.3 Å². The molecular formula is C21H22N2O2S. The smallest absolute Gasteiger partial charge is 0.276 e. The lowest BCUT2D eigenvalue weighted by Gasteiger charge is -2.12. The third-order valence-electron chi connectivity index (χ3n) is 4.15. The minimum absolute atomic E-state index is 0.0821. The first-order valence-electron chi connectivity index (χ1n) is 8.79. The maximum Gasteiger partial charge on any atom is 0.276 e. The number of amides is 1. The van der Waals surface area contributed by atoms with Crippen LogP contribution in [0.15, 0.2) is 60.3 Å². The van der Waals surface area contributed by atoms with Crippen molar-refractivity contribution in [2.75, 3.05) is 6.54 Å². The molecule has 0 aromatic heterocycles. The van der Waals surface area contributed by atoms with E-state index in [1.807, 2.05) is 54.6 Å². The van der Waals surface area contributed by atoms with Crippen LogP contribution >= 0.6 is 12.2 Å². The molecule has 1 amide bonds. The van der Waals surface area contributed by atoms with E-state index in [-0.39, 0.29) is 5.91 Å². The number of para-hydroxylation sites is 1. The Hall–Kier alpha value is -2.66. The second kappa shape index (κ2) is 8.63. The lowest BCUT2D eigenvalue weighted by molar-refractivity contribution is -0.122. The van der Waals surface area contributed by atoms with Gasteiger partial charge in [0, 0.05) is 12.1 Å². The van der Waals surface area contributed by atoms with Gasteiger partial charge in [-0.25, -0.2) is 0 Å². The van der Waals surface area contributed by atoms with Crippen LogP contribution in [0.1, 0.15) is 30.9 Å². The van der Waals surface area contributed by atoms with E-state index in [1.54, 1.807) is 11.0 Å². The monoisotopic (exact) mass is 366 g/mol. The number of nitrogens with one attached hydrogen (secondary N) is 1. The van der Waals surface area contributed by atoms with Crippen molar-refractivity contribution < 1.29 is 9.53 Å². The molecule has 1 fully saturated rings. The minimum Gasteiger partial charge on any atom is -0.488 e. The molecule has 1 N–H and O–H groups in total. The molecule has 1 aliphatic rings. The summed E-state index contributed by atoms with van der Waals surface area (Å²) in [6.45, 7) is 3.21. The first-order valence-corrected chi connectivity index (χ1v) is 9.20. The first kappa shape index (κ1) is 18.1. The Labute approximate surface area is 159 Å². The fourth-order valence-electron chi connectivity index (χ4n) is 2.71. The second-order valence-electron chi connectivity index (χ2n) is 6.11. The molecule has 1 saturated heterocycles. The lowest BCUT2D eigenvalue weighted by Crippen LogP contribution is -2.31. The Kier molecular flexibility index (Phi) is 6.02. The van der Waals surface area contributed by atoms with Gasteiger partial charge in [0.05, 0.1) is 0 Å². The highest BCUT2D eigenvalue weighted by Crippen LogP contribution is 2.23. The summed E-state index contributed by atoms with van der Waals surface area (Å²) in [5, 5.41) is 3.50. The summed E-state index contributed by atoms with van der Waals surface area (Å²) in [5.74, 6) is 0.651. The van der Waals surface area contributed by atoms with Gasteiger partial charge >= 0.3 is 0 Å². The van der Waals surface area contributed by atoms with Crippen LogP contribution in [0.25, 0.3) is 6.08 Å². The van der Waals surface area contributed by atoms with E-state index in [0.717, 1.165) is 29.7 Å². The maximum absolute atomic E-state index is 12.6. The summed E-state index contributed by atoms with van der Waals surface area (Å²) in [6, 6.07) is 17.7. The average molecular weight is 366 g/mol. The number of thiocarbonyl (C=S) groups is 1. The topological polar surface area (TPSA) is 41.6 Å². The molecule has 3 rings (SSSR count). The zero-order chi connectivity index (χ0) is 18.4. The summed E-state index contributed by atoms with van der Waals surface area (Å²) in [5.41, 5.74) is 2.43. The van der Waals surface area contributed by atoms with E-state index in [1.165, 1.54) is 0 Å². The molecule has 0 aliphatic carbocycles. The molecule has 2 aromatic carbocycles. The fraction of sp³-hybridized carbons (Fsp3) is 0.238. The molecule has 26 heavy (non-hydrogen) atoms. The number of unbranched alkanes of at least 4 members (excludes halogenated alkanes) is 1. The van der Waals surface area contributed by atoms with Crippen molar-refractivity contribution in [3.63, 3.8) is 0 Å². The second-order valence-corrected chi connectivity index (χ2v) is 6.50. The predicted molar refractivity (Wildman–Crippen MR) is 108 cm³/mol. The van der Waals surface area contributed by atoms with Crippen molar-refractivity contribution >= 4 is 29.3 Å². The third kappa shape index (κ3) is 4.29. The number of carbonyl (C=O) groups excluding carboxylic acids is 1. The molecule has 2 aromatic rings. The number of nitrogens with zero attached hydrogens (tertiary/aromatic N) is 1. The van der Waals surface area contributed by atoms with Crippen molar-refractivity contribution in [3.05, 3.63) is 71.4 Å². The Morgan fingerprint density at radius 1 is 1.12 bits per heavy atom. The Morgan fingerprint density at radius 3 is 2.62 bits per heavy atom. The van der Waals surface area contributed by atoms with Gasteiger partial charge in [0.25, 0.3) is 5.91 Å². The van der Waals surface area contributed by atoms with Gasteiger partial charge in [0.1, 0.15) is 18.1 Å². The summed E-state index contributed by atoms with van der Waals surface area (Å²) in [6.07, 6.45) is 3.75. The zero-order valence-corrected chi connectivity index (χ0v) is 15.6. The lowest BCUT2D eigenvalue weighted by atomic mass is 10.1. The largest absolute Gasteiger partial charge is 0.488 e. The summed E-state index contributed by atoms with van der Waals surface area (Å²) in [4.78, 5) is 14.2. The molecule has 1 aliphatic heterocycles. The normalized spacial score (nSPS) is 15.4. The Balaban J connectivity index is 1.76. The SMILES string of the molecule is CCCCN1C(=O)/C(=C\c2ccccc2OCc2ccccc2)NC1=S. The first-order chi connectivity index (χ1) is 12.7. The molecule has 4 nitrogen and oxygen atoms in total. The number of carbonyl (C=O) groups is 1. The molecule has 0 bridgehead atoms. The van der Waals surface area contributed by atoms with Crippen LogP contribution in [-0.2, 0) is 11.4 Å². The number of rotatable bonds is 7. The van der Waals surface area contributed by atoms with Crippen LogP contribution in [0.2, 0.25) is 0 Å². The van der Waals surface area contributed by atoms with E-state index < -0.39 is 0 Å². The summed E-state index contributed by atoms with van der Waals surface area (Å²) < 4.78 is 5.96. The highest BCUT2D eigenvalue weighted by molar-refractivity contribution is 7.80. The highest BCUT2D eigenvalue weighted by Gasteiger charge is 2.30. The predicted octanol–water partition coefficient (Wildman–Crippen LogP) is 4.12. The Morgan fingerprint density at radius 2 is 1.85 bits per heavy atom. The van der Waals surface area contributed by atoms with Crippen molar-refractivity contribution in [1.29, 1.82) is 0 Å². The van der Waals surface area contributed by atoms with E-state index in [9.17, 15) is 4.79 Å². The fourth-order valence-corrected chi connectivity index (χ4v) is 3.00. The van der Waals surface area contributed by atoms with Crippen molar-refractivity contribution in [3.8, 4) is 5.75 Å². The van der Waals surface area contributed by atoms with E-state index >= 15 is 0 Å². The van der Waals surface area contributed by atoms with E-state index in [0.29, 0.717) is 24.0 Å². The highest BCUT2D eigenvalue weighted by atomic mass is 32.1. The van der Waals surface area contributed by atoms with Gasteiger partial charge < -0.3 is 10.1 Å². The van der Waals surface area contributed by atoms with Gasteiger partial charge in [0.15, 0.2) is 5.11 Å². The van der Waals surface area contributed by atoms with Crippen molar-refractivity contribution in [1.82, 2.24) is 10.2 Å². The van der Waals surface area contributed by atoms with Crippen LogP contribution in [0.3, 0.4) is 0 Å². The molecule has 0 atom stereocenters. The Bertz CT molecular complexity index is 818. The molecule has 0 radical (unpaired) electrons. The minimum atomic E-state index is -0.0821. The molecule has 0 unspecified atom stereocenters. The number of benzene rings is 2. The quantitative estimate of drug-likeness (QED) is 0.591. The number of hydrogen-bond acceptors (Lipinski definition) is 3. The maximum atomic E-state index is 12.6. The summed E-state index contributed by atoms with van der Waals surface area (Å²) >= 11 is 5.29. The van der Waals surface area contributed by atoms with Gasteiger partial charge in [-0.15, -0.1) is 0 Å². The molecule has 0 spiro atoms. The van der Waals surface area contributed by atoms with Crippen LogP contribution in [0.4, 0.5) is 0 Å². The molecular weight excluding hydrogens is 344 g/mol. The van der Waals surface area contributed by atoms with Gasteiger partial charge in [0.2, 0.25) is 0 Å². The third-order valence-corrected chi connectivity index (χ3v) is 4.48. The van der Waals surface area contributed by atoms with E-state index in [4.69, 9.17) is 17.0 Å². The van der Waals surface area contributed by atoms with Crippen molar-refractivity contribution in [2.45, 2.75) is 26.4 Å². The van der Waals surface area contributed by atoms with E-state index in [2.05, 4.69) is 12.2 Å². The van der Waals surface area contributed by atoms with Crippen LogP contribution in [0, 0.1) is 0 Å². The van der Waals surface area contributed by atoms with Crippen molar-refractivity contribution in [2.24, 2.45) is 0 Å². The standard InChI is InChI=1S/C21H22N2O2S/c1-2-3-13-23-20(24)18(22-21(23)26)14-17-11-7-8-12-19(17)25-15-16-9-5-4-6-10-16/h4-12,14H,2-3,13,15H2,1H3,(H,22,26)/b18-14+. The van der Waals surface area contributed by atoms with Gasteiger partial charge in [-0.1, -0.05) is 61.9 Å². The average Bonchev–Trinajstić information content (AvgIpc) is 2.93. The van der Waals surface area contributed by atoms with Crippen LogP contribution < -0.4 is 10.1 Å². The molecule has 0 saturated carbocycles. The van der Waals surface area contributed by atoms with Gasteiger partial charge in [-0.3, -0.25) is 9.69 Å². The molecule has 5 heteroatoms. The molecule has 1 heterocycles. The zero-order valence-electron chi connectivity index (χ0n) is 14.8. The summed E-state index contributed by atoms with van der Waals surface area (Å²) in [7, 11) is 0. The van der Waals surface area contributed by atoms with Crippen LogP contribution in [-0.4, -0.2) is 22.5 Å². The number of ether oxygens (including phenoxy) is 1. The van der Waals surface area contributed by atoms with Gasteiger partial charge in [-0.2, -0.15) is 0 Å². The number of hydrogen-bond donors (Lipinski definition) is 1. The van der Waals surface area contributed by atoms with Crippen LogP contribution in [0.5, 0.6) is 5.75 Å². The molecule has 134 valence electrons.